The summed E-state index contributed by atoms with van der Waals surface area (Å²) < 4.78 is 5.41. The first kappa shape index (κ1) is 12.8. The first-order valence-electron chi connectivity index (χ1n) is 6.88. The second-order valence-electron chi connectivity index (χ2n) is 5.30. The van der Waals surface area contributed by atoms with Crippen molar-refractivity contribution in [2.75, 3.05) is 19.7 Å². The van der Waals surface area contributed by atoms with Crippen LogP contribution in [-0.2, 0) is 9.53 Å². The van der Waals surface area contributed by atoms with Crippen LogP contribution in [0.4, 0.5) is 0 Å². The zero-order chi connectivity index (χ0) is 12.1. The van der Waals surface area contributed by atoms with E-state index in [9.17, 15) is 4.79 Å². The quantitative estimate of drug-likeness (QED) is 0.772. The predicted molar refractivity (Wildman–Crippen MR) is 66.8 cm³/mol. The van der Waals surface area contributed by atoms with Crippen molar-refractivity contribution in [3.63, 3.8) is 0 Å². The van der Waals surface area contributed by atoms with Crippen molar-refractivity contribution in [1.82, 2.24) is 10.6 Å². The molecular weight excluding hydrogens is 216 g/mol. The molecule has 0 aromatic rings. The highest BCUT2D eigenvalue weighted by molar-refractivity contribution is 5.79. The van der Waals surface area contributed by atoms with Gasteiger partial charge in [0.15, 0.2) is 0 Å². The summed E-state index contributed by atoms with van der Waals surface area (Å²) in [5, 5.41) is 6.53. The van der Waals surface area contributed by atoms with Crippen LogP contribution >= 0.6 is 0 Å². The molecule has 98 valence electrons. The number of piperidine rings is 1. The monoisotopic (exact) mass is 240 g/mol. The van der Waals surface area contributed by atoms with Gasteiger partial charge in [-0.2, -0.15) is 0 Å². The molecule has 3 atom stereocenters. The molecule has 0 bridgehead atoms. The molecule has 2 rings (SSSR count). The number of carbonyl (C=O) groups excluding carboxylic acids is 1. The van der Waals surface area contributed by atoms with Crippen LogP contribution in [0.2, 0.25) is 0 Å². The minimum Gasteiger partial charge on any atom is -0.378 e. The van der Waals surface area contributed by atoms with Crippen LogP contribution in [0.3, 0.4) is 0 Å². The maximum atomic E-state index is 11.8. The summed E-state index contributed by atoms with van der Waals surface area (Å²) in [7, 11) is 0. The summed E-state index contributed by atoms with van der Waals surface area (Å²) in [6.07, 6.45) is 6.02. The van der Waals surface area contributed by atoms with E-state index in [1.807, 2.05) is 6.92 Å². The van der Waals surface area contributed by atoms with Gasteiger partial charge in [-0.05, 0) is 39.2 Å². The average Bonchev–Trinajstić information content (AvgIpc) is 2.77. The van der Waals surface area contributed by atoms with Gasteiger partial charge in [-0.1, -0.05) is 6.42 Å². The van der Waals surface area contributed by atoms with Crippen LogP contribution in [0, 0.1) is 5.92 Å². The fourth-order valence-electron chi connectivity index (χ4n) is 2.68. The van der Waals surface area contributed by atoms with E-state index in [1.54, 1.807) is 0 Å². The van der Waals surface area contributed by atoms with Gasteiger partial charge in [0, 0.05) is 12.6 Å². The third-order valence-corrected chi connectivity index (χ3v) is 3.77. The molecule has 4 heteroatoms. The van der Waals surface area contributed by atoms with Gasteiger partial charge in [0.2, 0.25) is 5.91 Å². The Morgan fingerprint density at radius 3 is 3.00 bits per heavy atom. The van der Waals surface area contributed by atoms with E-state index in [0.29, 0.717) is 12.6 Å². The summed E-state index contributed by atoms with van der Waals surface area (Å²) in [6, 6.07) is 0.600. The third-order valence-electron chi connectivity index (χ3n) is 3.77. The number of amides is 1. The van der Waals surface area contributed by atoms with Crippen molar-refractivity contribution < 1.29 is 9.53 Å². The molecule has 2 saturated heterocycles. The first-order valence-corrected chi connectivity index (χ1v) is 6.88. The van der Waals surface area contributed by atoms with Crippen LogP contribution in [-0.4, -0.2) is 37.7 Å². The molecule has 2 fully saturated rings. The number of carbonyl (C=O) groups is 1. The Hall–Kier alpha value is -0.610. The Morgan fingerprint density at radius 1 is 1.47 bits per heavy atom. The van der Waals surface area contributed by atoms with E-state index < -0.39 is 0 Å². The van der Waals surface area contributed by atoms with E-state index in [2.05, 4.69) is 10.6 Å². The molecule has 0 aromatic carbocycles. The summed E-state index contributed by atoms with van der Waals surface area (Å²) in [6.45, 7) is 4.54. The lowest BCUT2D eigenvalue weighted by Gasteiger charge is -2.23. The Morgan fingerprint density at radius 2 is 2.35 bits per heavy atom. The van der Waals surface area contributed by atoms with Gasteiger partial charge >= 0.3 is 0 Å². The topological polar surface area (TPSA) is 50.4 Å². The molecular formula is C13H24N2O2. The summed E-state index contributed by atoms with van der Waals surface area (Å²) in [4.78, 5) is 11.8. The van der Waals surface area contributed by atoms with Gasteiger partial charge in [-0.15, -0.1) is 0 Å². The Balaban J connectivity index is 1.59. The number of nitrogens with one attached hydrogen (secondary N) is 2. The van der Waals surface area contributed by atoms with Gasteiger partial charge in [0.1, 0.15) is 0 Å². The van der Waals surface area contributed by atoms with E-state index >= 15 is 0 Å². The molecule has 4 nitrogen and oxygen atoms in total. The minimum absolute atomic E-state index is 0.0734. The molecule has 17 heavy (non-hydrogen) atoms. The molecule has 2 N–H and O–H groups in total. The number of rotatable bonds is 4. The lowest BCUT2D eigenvalue weighted by molar-refractivity contribution is -0.124. The second-order valence-corrected chi connectivity index (χ2v) is 5.30. The van der Waals surface area contributed by atoms with Crippen LogP contribution in [0.1, 0.15) is 39.0 Å². The minimum atomic E-state index is 0.0734. The molecule has 0 spiro atoms. The standard InChI is InChI=1S/C13H24N2O2/c1-10-8-11(9-17-10)13(16)15-7-5-12-4-2-3-6-14-12/h10-12,14H,2-9H2,1H3,(H,15,16). The first-order chi connectivity index (χ1) is 8.25. The van der Waals surface area contributed by atoms with Crippen molar-refractivity contribution in [1.29, 1.82) is 0 Å². The maximum Gasteiger partial charge on any atom is 0.225 e. The van der Waals surface area contributed by atoms with Gasteiger partial charge in [-0.25, -0.2) is 0 Å². The van der Waals surface area contributed by atoms with Crippen LogP contribution < -0.4 is 10.6 Å². The molecule has 1 amide bonds. The molecule has 2 aliphatic rings. The molecule has 0 aromatic heterocycles. The SMILES string of the molecule is CC1CC(C(=O)NCCC2CCCCN2)CO1. The van der Waals surface area contributed by atoms with E-state index in [0.717, 1.165) is 25.9 Å². The van der Waals surface area contributed by atoms with Crippen molar-refractivity contribution >= 4 is 5.91 Å². The lowest BCUT2D eigenvalue weighted by Crippen LogP contribution is -2.38. The molecule has 0 saturated carbocycles. The van der Waals surface area contributed by atoms with E-state index in [-0.39, 0.29) is 17.9 Å². The van der Waals surface area contributed by atoms with Crippen molar-refractivity contribution in [2.24, 2.45) is 5.92 Å². The number of hydrogen-bond acceptors (Lipinski definition) is 3. The van der Waals surface area contributed by atoms with E-state index in [4.69, 9.17) is 4.74 Å². The Labute approximate surface area is 103 Å². The number of hydrogen-bond donors (Lipinski definition) is 2. The van der Waals surface area contributed by atoms with Crippen LogP contribution in [0.5, 0.6) is 0 Å². The van der Waals surface area contributed by atoms with Gasteiger partial charge in [0.05, 0.1) is 18.6 Å². The molecule has 3 unspecified atom stereocenters. The highest BCUT2D eigenvalue weighted by Crippen LogP contribution is 2.19. The maximum absolute atomic E-state index is 11.8. The largest absolute Gasteiger partial charge is 0.378 e. The van der Waals surface area contributed by atoms with Crippen LogP contribution in [0.15, 0.2) is 0 Å². The van der Waals surface area contributed by atoms with Crippen molar-refractivity contribution in [3.05, 3.63) is 0 Å². The fourth-order valence-corrected chi connectivity index (χ4v) is 2.68. The highest BCUT2D eigenvalue weighted by atomic mass is 16.5. The molecule has 2 heterocycles. The summed E-state index contributed by atoms with van der Waals surface area (Å²) >= 11 is 0. The third kappa shape index (κ3) is 3.96. The zero-order valence-corrected chi connectivity index (χ0v) is 10.7. The highest BCUT2D eigenvalue weighted by Gasteiger charge is 2.27. The van der Waals surface area contributed by atoms with Gasteiger partial charge in [-0.3, -0.25) is 4.79 Å². The molecule has 0 radical (unpaired) electrons. The molecule has 2 aliphatic heterocycles. The number of ether oxygens (including phenoxy) is 1. The molecule has 0 aliphatic carbocycles. The zero-order valence-electron chi connectivity index (χ0n) is 10.7. The summed E-state index contributed by atoms with van der Waals surface area (Å²) in [5.41, 5.74) is 0. The second kappa shape index (κ2) is 6.36. The van der Waals surface area contributed by atoms with Gasteiger partial charge < -0.3 is 15.4 Å². The van der Waals surface area contributed by atoms with Crippen LogP contribution in [0.25, 0.3) is 0 Å². The normalized spacial score (nSPS) is 33.6. The Bertz CT molecular complexity index is 252. The summed E-state index contributed by atoms with van der Waals surface area (Å²) in [5.74, 6) is 0.245. The fraction of sp³-hybridized carbons (Fsp3) is 0.923. The van der Waals surface area contributed by atoms with E-state index in [1.165, 1.54) is 19.3 Å². The lowest BCUT2D eigenvalue weighted by atomic mass is 10.0. The van der Waals surface area contributed by atoms with Crippen molar-refractivity contribution in [2.45, 2.75) is 51.2 Å². The Kier molecular flexibility index (Phi) is 4.80. The average molecular weight is 240 g/mol. The van der Waals surface area contributed by atoms with Gasteiger partial charge in [0.25, 0.3) is 0 Å². The smallest absolute Gasteiger partial charge is 0.225 e. The predicted octanol–water partition coefficient (Wildman–Crippen LogP) is 1.06. The van der Waals surface area contributed by atoms with Crippen molar-refractivity contribution in [3.8, 4) is 0 Å².